The Hall–Kier alpha value is 0.439. The molecule has 5 rings (SSSR count). The van der Waals surface area contributed by atoms with Crippen molar-refractivity contribution >= 4 is 65.1 Å². The van der Waals surface area contributed by atoms with E-state index in [1.807, 2.05) is 82.7 Å². The molecule has 4 aromatic rings. The predicted octanol–water partition coefficient (Wildman–Crippen LogP) is 6.98. The third-order valence-corrected chi connectivity index (χ3v) is 34.7. The van der Waals surface area contributed by atoms with Crippen LogP contribution in [0.25, 0.3) is 0 Å². The Labute approximate surface area is 206 Å². The minimum Gasteiger partial charge on any atom is -0.214 e. The zero-order valence-electron chi connectivity index (χ0n) is 14.6. The van der Waals surface area contributed by atoms with E-state index >= 15 is 0 Å². The van der Waals surface area contributed by atoms with Gasteiger partial charge in [0.25, 0.3) is 0 Å². The Morgan fingerprint density at radius 2 is 0.821 bits per heavy atom. The van der Waals surface area contributed by atoms with Gasteiger partial charge >= 0.3 is 34.1 Å². The molecule has 0 N–H and O–H groups in total. The third-order valence-electron chi connectivity index (χ3n) is 3.46. The monoisotopic (exact) mass is 560 g/mol. The van der Waals surface area contributed by atoms with Gasteiger partial charge in [0.05, 0.1) is 0 Å². The maximum Gasteiger partial charge on any atom is 2.00 e. The standard InChI is InChI=1S/C10H8P2S4.2C5H5.2Fe/c13-11(9-5-1-2-6-9)15-12(14,16-11)10-7-3-4-8-10;2*1-2-4-5-3-1;;/h1-8H;2*1-5H;;/q-2;2*-1;2*+2. The summed E-state index contributed by atoms with van der Waals surface area (Å²) in [6.07, 6.45) is 0. The Kier molecular flexibility index (Phi) is 12.3. The topological polar surface area (TPSA) is 0 Å². The van der Waals surface area contributed by atoms with Crippen molar-refractivity contribution in [2.45, 2.75) is 0 Å². The molecule has 8 heteroatoms. The van der Waals surface area contributed by atoms with Crippen LogP contribution in [0.15, 0.2) is 109 Å². The van der Waals surface area contributed by atoms with E-state index in [1.165, 1.54) is 10.6 Å². The number of hydrogen-bond acceptors (Lipinski definition) is 4. The minimum atomic E-state index is -1.45. The fraction of sp³-hybridized carbons (Fsp3) is 0. The predicted molar refractivity (Wildman–Crippen MR) is 131 cm³/mol. The smallest absolute Gasteiger partial charge is 0.214 e. The van der Waals surface area contributed by atoms with Crippen molar-refractivity contribution in [3.05, 3.63) is 109 Å². The summed E-state index contributed by atoms with van der Waals surface area (Å²) in [4.78, 5) is 0. The van der Waals surface area contributed by atoms with Gasteiger partial charge in [-0.05, 0) is 0 Å². The molecule has 0 atom stereocenters. The molecule has 1 heterocycles. The molecule has 0 radical (unpaired) electrons. The van der Waals surface area contributed by atoms with Crippen molar-refractivity contribution in [2.75, 3.05) is 0 Å². The second-order valence-electron chi connectivity index (χ2n) is 5.37. The first-order valence-electron chi connectivity index (χ1n) is 8.03. The Morgan fingerprint density at radius 1 is 0.536 bits per heavy atom. The van der Waals surface area contributed by atoms with E-state index in [-0.39, 0.29) is 34.1 Å². The van der Waals surface area contributed by atoms with Gasteiger partial charge in [0.1, 0.15) is 0 Å². The van der Waals surface area contributed by atoms with Gasteiger partial charge in [0.15, 0.2) is 0 Å². The van der Waals surface area contributed by atoms with Gasteiger partial charge < -0.3 is 0 Å². The van der Waals surface area contributed by atoms with E-state index in [2.05, 4.69) is 48.5 Å². The normalized spacial score (nSPS) is 22.0. The molecule has 1 aliphatic rings. The fourth-order valence-corrected chi connectivity index (χ4v) is 44.5. The Morgan fingerprint density at radius 3 is 1.04 bits per heavy atom. The molecule has 1 saturated heterocycles. The molecule has 0 aromatic heterocycles. The minimum absolute atomic E-state index is 0. The van der Waals surface area contributed by atoms with E-state index < -0.39 is 8.88 Å². The van der Waals surface area contributed by atoms with Crippen LogP contribution >= 0.6 is 30.9 Å². The summed E-state index contributed by atoms with van der Waals surface area (Å²) in [6, 6.07) is 36.8. The maximum absolute atomic E-state index is 5.77. The van der Waals surface area contributed by atoms with E-state index in [9.17, 15) is 0 Å². The largest absolute Gasteiger partial charge is 2.00 e. The van der Waals surface area contributed by atoms with E-state index in [0.717, 1.165) is 0 Å². The molecule has 0 unspecified atom stereocenters. The average Bonchev–Trinajstić information content (AvgIpc) is 3.47. The van der Waals surface area contributed by atoms with E-state index in [4.69, 9.17) is 23.6 Å². The Bertz CT molecular complexity index is 817. The first kappa shape index (κ1) is 26.5. The van der Waals surface area contributed by atoms with Gasteiger partial charge in [-0.2, -0.15) is 60.7 Å². The molecular weight excluding hydrogens is 542 g/mol. The summed E-state index contributed by atoms with van der Waals surface area (Å²) < 4.78 is -2.90. The van der Waals surface area contributed by atoms with Crippen molar-refractivity contribution in [1.82, 2.24) is 0 Å². The molecule has 0 amide bonds. The van der Waals surface area contributed by atoms with Crippen molar-refractivity contribution in [3.8, 4) is 0 Å². The van der Waals surface area contributed by atoms with Crippen LogP contribution in [0.5, 0.6) is 0 Å². The average molecular weight is 560 g/mol. The molecule has 0 saturated carbocycles. The second-order valence-corrected chi connectivity index (χ2v) is 26.7. The van der Waals surface area contributed by atoms with Crippen LogP contribution in [0.2, 0.25) is 0 Å². The van der Waals surface area contributed by atoms with Gasteiger partial charge in [0.2, 0.25) is 0 Å². The van der Waals surface area contributed by atoms with Gasteiger partial charge in [-0.3, -0.25) is 0 Å². The molecule has 0 aliphatic carbocycles. The SMILES string of the molecule is S=P1([c-]2cccc2)SP(=S)([c-]2cccc2)S1.[Fe+2].[Fe+2].c1cc[cH-]c1.c1cc[cH-]c1. The molecule has 0 bridgehead atoms. The zero-order valence-corrected chi connectivity index (χ0v) is 21.9. The molecule has 28 heavy (non-hydrogen) atoms. The number of hydrogen-bond donors (Lipinski definition) is 0. The first-order valence-corrected chi connectivity index (χ1v) is 17.7. The van der Waals surface area contributed by atoms with E-state index in [0.29, 0.717) is 0 Å². The molecular formula is C20H18Fe2P2S4. The molecule has 1 aliphatic heterocycles. The summed E-state index contributed by atoms with van der Waals surface area (Å²) in [5.41, 5.74) is 0. The zero-order chi connectivity index (χ0) is 18.3. The summed E-state index contributed by atoms with van der Waals surface area (Å²) in [5.74, 6) is 0. The van der Waals surface area contributed by atoms with Crippen LogP contribution in [-0.4, -0.2) is 0 Å². The Balaban J connectivity index is 0.000000271. The summed E-state index contributed by atoms with van der Waals surface area (Å²) in [5, 5.41) is 2.65. The number of rotatable bonds is 2. The van der Waals surface area contributed by atoms with Crippen LogP contribution in [0.1, 0.15) is 0 Å². The summed E-state index contributed by atoms with van der Waals surface area (Å²) in [7, 11) is 0. The molecule has 0 nitrogen and oxygen atoms in total. The van der Waals surface area contributed by atoms with Crippen molar-refractivity contribution < 1.29 is 34.1 Å². The second kappa shape index (κ2) is 13.0. The summed E-state index contributed by atoms with van der Waals surface area (Å²) in [6.45, 7) is 0. The molecule has 1 fully saturated rings. The fourth-order valence-electron chi connectivity index (χ4n) is 2.21. The molecule has 0 spiro atoms. The van der Waals surface area contributed by atoms with Gasteiger partial charge in [-0.15, -0.1) is 10.6 Å². The third kappa shape index (κ3) is 7.29. The van der Waals surface area contributed by atoms with Crippen molar-refractivity contribution in [3.63, 3.8) is 0 Å². The van der Waals surface area contributed by atoms with Crippen LogP contribution < -0.4 is 10.6 Å². The van der Waals surface area contributed by atoms with E-state index in [1.54, 1.807) is 0 Å². The summed E-state index contributed by atoms with van der Waals surface area (Å²) >= 11 is 15.4. The first-order chi connectivity index (χ1) is 12.6. The van der Waals surface area contributed by atoms with Crippen LogP contribution in [0.4, 0.5) is 0 Å². The van der Waals surface area contributed by atoms with Gasteiger partial charge in [-0.1, -0.05) is 45.6 Å². The van der Waals surface area contributed by atoms with Gasteiger partial charge in [-0.25, -0.2) is 48.5 Å². The quantitative estimate of drug-likeness (QED) is 0.147. The molecule has 4 aromatic carbocycles. The maximum atomic E-state index is 5.77. The molecule has 148 valence electrons. The van der Waals surface area contributed by atoms with Crippen LogP contribution in [-0.2, 0) is 57.8 Å². The van der Waals surface area contributed by atoms with Crippen LogP contribution in [0, 0.1) is 0 Å². The van der Waals surface area contributed by atoms with Crippen molar-refractivity contribution in [1.29, 1.82) is 0 Å². The van der Waals surface area contributed by atoms with Crippen molar-refractivity contribution in [2.24, 2.45) is 0 Å². The van der Waals surface area contributed by atoms with Gasteiger partial charge in [0, 0.05) is 8.88 Å². The van der Waals surface area contributed by atoms with Crippen LogP contribution in [0.3, 0.4) is 0 Å².